The minimum Gasteiger partial charge on any atom is -0.384 e. The fourth-order valence-corrected chi connectivity index (χ4v) is 2.63. The van der Waals surface area contributed by atoms with E-state index in [0.29, 0.717) is 5.02 Å². The molecule has 0 aliphatic heterocycles. The van der Waals surface area contributed by atoms with Crippen molar-refractivity contribution in [3.05, 3.63) is 76.6 Å². The van der Waals surface area contributed by atoms with E-state index in [2.05, 4.69) is 4.98 Å². The van der Waals surface area contributed by atoms with E-state index in [9.17, 15) is 5.11 Å². The van der Waals surface area contributed by atoms with Crippen LogP contribution < -0.4 is 0 Å². The van der Waals surface area contributed by atoms with E-state index >= 15 is 0 Å². The van der Waals surface area contributed by atoms with Gasteiger partial charge in [0.15, 0.2) is 0 Å². The van der Waals surface area contributed by atoms with Crippen LogP contribution in [0.2, 0.25) is 5.02 Å². The molecule has 20 heavy (non-hydrogen) atoms. The summed E-state index contributed by atoms with van der Waals surface area (Å²) in [6, 6.07) is 13.4. The Kier molecular flexibility index (Phi) is 3.43. The highest BCUT2D eigenvalue weighted by Crippen LogP contribution is 2.31. The van der Waals surface area contributed by atoms with Crippen LogP contribution in [0.3, 0.4) is 0 Å². The van der Waals surface area contributed by atoms with Gasteiger partial charge in [-0.1, -0.05) is 35.9 Å². The van der Waals surface area contributed by atoms with Crippen LogP contribution >= 0.6 is 11.6 Å². The number of nitrogens with zero attached hydrogens (tertiary/aromatic N) is 1. The third-order valence-corrected chi connectivity index (χ3v) is 3.78. The van der Waals surface area contributed by atoms with Gasteiger partial charge in [-0.05, 0) is 47.2 Å². The standard InChI is InChI=1S/C17H14ClNO/c1-11-5-6-13(18)9-15(11)17(20)14-4-2-3-12-7-8-19-10-16(12)14/h2-10,17,20H,1H3. The number of aliphatic hydroxyl groups is 1. The molecule has 0 aliphatic carbocycles. The summed E-state index contributed by atoms with van der Waals surface area (Å²) in [5, 5.41) is 13.4. The minimum atomic E-state index is -0.707. The lowest BCUT2D eigenvalue weighted by Crippen LogP contribution is -2.03. The highest BCUT2D eigenvalue weighted by molar-refractivity contribution is 6.30. The molecular formula is C17H14ClNO. The third-order valence-electron chi connectivity index (χ3n) is 3.55. The van der Waals surface area contributed by atoms with Gasteiger partial charge in [0, 0.05) is 22.8 Å². The summed E-state index contributed by atoms with van der Waals surface area (Å²) in [5.74, 6) is 0. The van der Waals surface area contributed by atoms with Gasteiger partial charge in [0.05, 0.1) is 0 Å². The van der Waals surface area contributed by atoms with Gasteiger partial charge < -0.3 is 5.11 Å². The molecular weight excluding hydrogens is 270 g/mol. The highest BCUT2D eigenvalue weighted by atomic mass is 35.5. The zero-order valence-electron chi connectivity index (χ0n) is 11.0. The fourth-order valence-electron chi connectivity index (χ4n) is 2.45. The summed E-state index contributed by atoms with van der Waals surface area (Å²) >= 11 is 6.04. The largest absolute Gasteiger partial charge is 0.384 e. The van der Waals surface area contributed by atoms with Gasteiger partial charge in [0.1, 0.15) is 6.10 Å². The molecule has 0 saturated heterocycles. The van der Waals surface area contributed by atoms with E-state index in [1.807, 2.05) is 49.4 Å². The topological polar surface area (TPSA) is 33.1 Å². The van der Waals surface area contributed by atoms with E-state index in [-0.39, 0.29) is 0 Å². The number of rotatable bonds is 2. The van der Waals surface area contributed by atoms with E-state index < -0.39 is 6.10 Å². The van der Waals surface area contributed by atoms with Crippen molar-refractivity contribution in [2.45, 2.75) is 13.0 Å². The van der Waals surface area contributed by atoms with Crippen molar-refractivity contribution in [3.8, 4) is 0 Å². The number of pyridine rings is 1. The van der Waals surface area contributed by atoms with Crippen molar-refractivity contribution in [3.63, 3.8) is 0 Å². The maximum atomic E-state index is 10.7. The van der Waals surface area contributed by atoms with Crippen molar-refractivity contribution in [2.75, 3.05) is 0 Å². The van der Waals surface area contributed by atoms with Gasteiger partial charge in [0.2, 0.25) is 0 Å². The van der Waals surface area contributed by atoms with Gasteiger partial charge in [-0.25, -0.2) is 0 Å². The highest BCUT2D eigenvalue weighted by Gasteiger charge is 2.16. The first-order chi connectivity index (χ1) is 9.66. The van der Waals surface area contributed by atoms with Gasteiger partial charge in [0.25, 0.3) is 0 Å². The lowest BCUT2D eigenvalue weighted by atomic mass is 9.94. The number of aliphatic hydroxyl groups excluding tert-OH is 1. The van der Waals surface area contributed by atoms with E-state index in [1.54, 1.807) is 12.4 Å². The molecule has 0 aliphatic rings. The number of hydrogen-bond acceptors (Lipinski definition) is 2. The van der Waals surface area contributed by atoms with E-state index in [1.165, 1.54) is 0 Å². The van der Waals surface area contributed by atoms with E-state index in [0.717, 1.165) is 27.5 Å². The summed E-state index contributed by atoms with van der Waals surface area (Å²) < 4.78 is 0. The van der Waals surface area contributed by atoms with Gasteiger partial charge in [-0.3, -0.25) is 4.98 Å². The molecule has 1 N–H and O–H groups in total. The zero-order valence-corrected chi connectivity index (χ0v) is 11.8. The maximum Gasteiger partial charge on any atom is 0.105 e. The Bertz CT molecular complexity index is 765. The lowest BCUT2D eigenvalue weighted by molar-refractivity contribution is 0.221. The molecule has 3 rings (SSSR count). The molecule has 1 unspecified atom stereocenters. The number of aromatic nitrogens is 1. The van der Waals surface area contributed by atoms with Gasteiger partial charge in [-0.15, -0.1) is 0 Å². The zero-order chi connectivity index (χ0) is 14.1. The van der Waals surface area contributed by atoms with Crippen LogP contribution in [0.15, 0.2) is 54.9 Å². The molecule has 0 amide bonds. The smallest absolute Gasteiger partial charge is 0.105 e. The lowest BCUT2D eigenvalue weighted by Gasteiger charge is -2.16. The molecule has 0 bridgehead atoms. The SMILES string of the molecule is Cc1ccc(Cl)cc1C(O)c1cccc2ccncc12. The first kappa shape index (κ1) is 13.1. The molecule has 1 atom stereocenters. The summed E-state index contributed by atoms with van der Waals surface area (Å²) in [6.45, 7) is 1.97. The Morgan fingerprint density at radius 1 is 1.10 bits per heavy atom. The summed E-state index contributed by atoms with van der Waals surface area (Å²) in [4.78, 5) is 4.15. The van der Waals surface area contributed by atoms with Gasteiger partial charge in [-0.2, -0.15) is 0 Å². The fraction of sp³-hybridized carbons (Fsp3) is 0.118. The monoisotopic (exact) mass is 283 g/mol. The van der Waals surface area contributed by atoms with Crippen molar-refractivity contribution in [1.82, 2.24) is 4.98 Å². The Morgan fingerprint density at radius 2 is 1.95 bits per heavy atom. The molecule has 1 aromatic heterocycles. The predicted molar refractivity (Wildman–Crippen MR) is 82.0 cm³/mol. The van der Waals surface area contributed by atoms with Crippen LogP contribution in [0.25, 0.3) is 10.8 Å². The molecule has 0 spiro atoms. The number of fused-ring (bicyclic) bond motifs is 1. The second-order valence-corrected chi connectivity index (χ2v) is 5.28. The quantitative estimate of drug-likeness (QED) is 0.761. The van der Waals surface area contributed by atoms with Crippen LogP contribution in [0.5, 0.6) is 0 Å². The van der Waals surface area contributed by atoms with Crippen molar-refractivity contribution < 1.29 is 5.11 Å². The molecule has 0 fully saturated rings. The molecule has 2 nitrogen and oxygen atoms in total. The molecule has 3 aromatic rings. The first-order valence-electron chi connectivity index (χ1n) is 6.43. The van der Waals surface area contributed by atoms with Crippen LogP contribution in [-0.2, 0) is 0 Å². The molecule has 3 heteroatoms. The molecule has 0 saturated carbocycles. The van der Waals surface area contributed by atoms with Crippen LogP contribution in [0, 0.1) is 6.92 Å². The molecule has 1 heterocycles. The van der Waals surface area contributed by atoms with Crippen molar-refractivity contribution >= 4 is 22.4 Å². The van der Waals surface area contributed by atoms with Crippen LogP contribution in [0.1, 0.15) is 22.8 Å². The number of benzene rings is 2. The second-order valence-electron chi connectivity index (χ2n) is 4.85. The van der Waals surface area contributed by atoms with E-state index in [4.69, 9.17) is 11.6 Å². The van der Waals surface area contributed by atoms with Crippen LogP contribution in [-0.4, -0.2) is 10.1 Å². The number of hydrogen-bond donors (Lipinski definition) is 1. The summed E-state index contributed by atoms with van der Waals surface area (Å²) in [5.41, 5.74) is 2.69. The van der Waals surface area contributed by atoms with Gasteiger partial charge >= 0.3 is 0 Å². The predicted octanol–water partition coefficient (Wildman–Crippen LogP) is 4.28. The Morgan fingerprint density at radius 3 is 2.80 bits per heavy atom. The summed E-state index contributed by atoms with van der Waals surface area (Å²) in [7, 11) is 0. The Balaban J connectivity index is 2.17. The van der Waals surface area contributed by atoms with Crippen LogP contribution in [0.4, 0.5) is 0 Å². The molecule has 2 aromatic carbocycles. The average Bonchev–Trinajstić information content (AvgIpc) is 2.48. The Hall–Kier alpha value is -1.90. The van der Waals surface area contributed by atoms with Crippen molar-refractivity contribution in [2.24, 2.45) is 0 Å². The first-order valence-corrected chi connectivity index (χ1v) is 6.81. The molecule has 0 radical (unpaired) electrons. The Labute approximate surface area is 122 Å². The number of aryl methyl sites for hydroxylation is 1. The summed E-state index contributed by atoms with van der Waals surface area (Å²) in [6.07, 6.45) is 2.83. The molecule has 100 valence electrons. The average molecular weight is 284 g/mol. The minimum absolute atomic E-state index is 0.628. The normalized spacial score (nSPS) is 12.6. The number of halogens is 1. The second kappa shape index (κ2) is 5.23. The van der Waals surface area contributed by atoms with Crippen molar-refractivity contribution in [1.29, 1.82) is 0 Å². The maximum absolute atomic E-state index is 10.7. The third kappa shape index (κ3) is 2.28.